The Balaban J connectivity index is 3.20. The second-order valence-electron chi connectivity index (χ2n) is 2.05. The van der Waals surface area contributed by atoms with Crippen molar-refractivity contribution in [3.05, 3.63) is 30.1 Å². The third-order valence-corrected chi connectivity index (χ3v) is 2.68. The molecule has 0 aliphatic rings. The molecule has 60 valence electrons. The lowest BCUT2D eigenvalue weighted by Crippen LogP contribution is -1.89. The second kappa shape index (κ2) is 2.83. The van der Waals surface area contributed by atoms with Crippen molar-refractivity contribution in [2.75, 3.05) is 0 Å². The van der Waals surface area contributed by atoms with Crippen molar-refractivity contribution in [1.82, 2.24) is 0 Å². The van der Waals surface area contributed by atoms with E-state index >= 15 is 0 Å². The molecule has 0 aromatic heterocycles. The Morgan fingerprint density at radius 1 is 1.36 bits per heavy atom. The van der Waals surface area contributed by atoms with E-state index in [0.717, 1.165) is 0 Å². The average molecular weight is 193 g/mol. The maximum atomic E-state index is 12.3. The lowest BCUT2D eigenvalue weighted by molar-refractivity contribution is 0.626. The molecular formula is C7H6ClFOS. The molecule has 4 heteroatoms. The van der Waals surface area contributed by atoms with Crippen LogP contribution in [0.1, 0.15) is 0 Å². The van der Waals surface area contributed by atoms with Crippen molar-refractivity contribution in [3.8, 4) is 0 Å². The molecule has 1 nitrogen and oxygen atoms in total. The topological polar surface area (TPSA) is 17.1 Å². The molecule has 1 atom stereocenters. The van der Waals surface area contributed by atoms with Crippen LogP contribution >= 0.6 is 10.7 Å². The third-order valence-electron chi connectivity index (χ3n) is 1.17. The summed E-state index contributed by atoms with van der Waals surface area (Å²) in [6, 6.07) is 5.11. The quantitative estimate of drug-likeness (QED) is 0.492. The van der Waals surface area contributed by atoms with Crippen LogP contribution in [0, 0.1) is 5.82 Å². The van der Waals surface area contributed by atoms with E-state index in [4.69, 9.17) is 10.7 Å². The molecule has 1 unspecified atom stereocenters. The Morgan fingerprint density at radius 2 is 1.82 bits per heavy atom. The van der Waals surface area contributed by atoms with E-state index in [0.29, 0.717) is 4.90 Å². The zero-order chi connectivity index (χ0) is 8.48. The van der Waals surface area contributed by atoms with Gasteiger partial charge in [0, 0.05) is 4.90 Å². The Kier molecular flexibility index (Phi) is 2.20. The number of hydrogen-bond acceptors (Lipinski definition) is 1. The first-order chi connectivity index (χ1) is 5.00. The van der Waals surface area contributed by atoms with Crippen molar-refractivity contribution in [2.24, 2.45) is 0 Å². The van der Waals surface area contributed by atoms with Gasteiger partial charge in [0.15, 0.2) is 0 Å². The summed E-state index contributed by atoms with van der Waals surface area (Å²) >= 11 is 0. The molecule has 0 aliphatic heterocycles. The van der Waals surface area contributed by atoms with Crippen LogP contribution in [0.2, 0.25) is 0 Å². The van der Waals surface area contributed by atoms with Gasteiger partial charge in [-0.25, -0.2) is 8.60 Å². The van der Waals surface area contributed by atoms with Gasteiger partial charge in [0.2, 0.25) is 0 Å². The Hall–Kier alpha value is -0.540. The molecule has 11 heavy (non-hydrogen) atoms. The van der Waals surface area contributed by atoms with Gasteiger partial charge in [-0.1, -0.05) is 0 Å². The molecule has 0 spiro atoms. The summed E-state index contributed by atoms with van der Waals surface area (Å²) in [6.07, 6.45) is 0. The fourth-order valence-corrected chi connectivity index (χ4v) is 1.49. The fourth-order valence-electron chi connectivity index (χ4n) is 0.638. The standard InChI is InChI=1S/C7H6ClFOS/c1-11(8,10)7-4-2-6(9)3-5-7/h2-5H,1H2. The molecule has 0 saturated heterocycles. The zero-order valence-electron chi connectivity index (χ0n) is 5.59. The van der Waals surface area contributed by atoms with E-state index in [1.807, 2.05) is 0 Å². The van der Waals surface area contributed by atoms with Gasteiger partial charge in [-0.3, -0.25) is 0 Å². The van der Waals surface area contributed by atoms with Crippen LogP contribution in [0.3, 0.4) is 0 Å². The van der Waals surface area contributed by atoms with Crippen molar-refractivity contribution < 1.29 is 8.60 Å². The van der Waals surface area contributed by atoms with Crippen molar-refractivity contribution in [3.63, 3.8) is 0 Å². The van der Waals surface area contributed by atoms with Crippen molar-refractivity contribution in [2.45, 2.75) is 4.90 Å². The van der Waals surface area contributed by atoms with Gasteiger partial charge < -0.3 is 0 Å². The van der Waals surface area contributed by atoms with E-state index in [1.165, 1.54) is 24.3 Å². The van der Waals surface area contributed by atoms with Crippen LogP contribution < -0.4 is 0 Å². The first kappa shape index (κ1) is 8.56. The van der Waals surface area contributed by atoms with E-state index < -0.39 is 8.74 Å². The van der Waals surface area contributed by atoms with E-state index in [2.05, 4.69) is 5.87 Å². The average Bonchev–Trinajstić information content (AvgIpc) is 1.86. The highest BCUT2D eigenvalue weighted by molar-refractivity contribution is 8.21. The molecule has 0 aliphatic carbocycles. The number of benzene rings is 1. The van der Waals surface area contributed by atoms with Crippen molar-refractivity contribution in [1.29, 1.82) is 0 Å². The van der Waals surface area contributed by atoms with E-state index in [1.54, 1.807) is 0 Å². The summed E-state index contributed by atoms with van der Waals surface area (Å²) in [5.74, 6) is 2.86. The molecular weight excluding hydrogens is 187 g/mol. The normalized spacial score (nSPS) is 15.8. The molecule has 1 aromatic carbocycles. The molecule has 0 fully saturated rings. The highest BCUT2D eigenvalue weighted by atomic mass is 35.7. The van der Waals surface area contributed by atoms with Crippen LogP contribution in [-0.4, -0.2) is 10.1 Å². The van der Waals surface area contributed by atoms with Gasteiger partial charge in [-0.2, -0.15) is 0 Å². The third kappa shape index (κ3) is 2.20. The number of rotatable bonds is 1. The lowest BCUT2D eigenvalue weighted by atomic mass is 10.4. The minimum atomic E-state index is -2.71. The van der Waals surface area contributed by atoms with Crippen molar-refractivity contribution >= 4 is 25.3 Å². The predicted octanol–water partition coefficient (Wildman–Crippen LogP) is 2.05. The lowest BCUT2D eigenvalue weighted by Gasteiger charge is -1.97. The maximum absolute atomic E-state index is 12.3. The van der Waals surface area contributed by atoms with Crippen LogP contribution in [0.25, 0.3) is 0 Å². The summed E-state index contributed by atoms with van der Waals surface area (Å²) < 4.78 is 23.4. The molecule has 0 N–H and O–H groups in total. The minimum absolute atomic E-state index is 0.348. The summed E-state index contributed by atoms with van der Waals surface area (Å²) in [6.45, 7) is 0. The highest BCUT2D eigenvalue weighted by Crippen LogP contribution is 2.14. The zero-order valence-corrected chi connectivity index (χ0v) is 7.16. The highest BCUT2D eigenvalue weighted by Gasteiger charge is 2.01. The summed E-state index contributed by atoms with van der Waals surface area (Å²) in [7, 11) is 2.69. The van der Waals surface area contributed by atoms with E-state index in [-0.39, 0.29) is 5.82 Å². The number of halogens is 2. The molecule has 0 amide bonds. The first-order valence-corrected chi connectivity index (χ1v) is 5.38. The fraction of sp³-hybridized carbons (Fsp3) is 0. The molecule has 0 heterocycles. The second-order valence-corrected chi connectivity index (χ2v) is 5.21. The van der Waals surface area contributed by atoms with Crippen LogP contribution in [0.5, 0.6) is 0 Å². The van der Waals surface area contributed by atoms with Crippen LogP contribution in [0.4, 0.5) is 4.39 Å². The SMILES string of the molecule is C=S(=O)(Cl)c1ccc(F)cc1. The van der Waals surface area contributed by atoms with Gasteiger partial charge in [-0.15, -0.1) is 0 Å². The minimum Gasteiger partial charge on any atom is -0.248 e. The monoisotopic (exact) mass is 192 g/mol. The Bertz CT molecular complexity index is 341. The summed E-state index contributed by atoms with van der Waals surface area (Å²) in [5.41, 5.74) is 0. The Morgan fingerprint density at radius 3 is 2.18 bits per heavy atom. The van der Waals surface area contributed by atoms with Crippen LogP contribution in [0.15, 0.2) is 29.2 Å². The number of hydrogen-bond donors (Lipinski definition) is 0. The molecule has 1 aromatic rings. The summed E-state index contributed by atoms with van der Waals surface area (Å²) in [4.78, 5) is 0.348. The molecule has 0 bridgehead atoms. The van der Waals surface area contributed by atoms with Gasteiger partial charge >= 0.3 is 0 Å². The largest absolute Gasteiger partial charge is 0.248 e. The van der Waals surface area contributed by atoms with Gasteiger partial charge in [0.1, 0.15) is 5.82 Å². The first-order valence-electron chi connectivity index (χ1n) is 2.82. The molecule has 1 rings (SSSR count). The summed E-state index contributed by atoms with van der Waals surface area (Å²) in [5, 5.41) is 0. The molecule has 0 saturated carbocycles. The van der Waals surface area contributed by atoms with Gasteiger partial charge in [0.25, 0.3) is 0 Å². The predicted molar refractivity (Wildman–Crippen MR) is 45.8 cm³/mol. The van der Waals surface area contributed by atoms with E-state index in [9.17, 15) is 8.60 Å². The molecule has 0 radical (unpaired) electrons. The Labute approximate surface area is 69.3 Å². The maximum Gasteiger partial charge on any atom is 0.123 e. The smallest absolute Gasteiger partial charge is 0.123 e. The van der Waals surface area contributed by atoms with Crippen LogP contribution in [-0.2, 0) is 8.74 Å². The van der Waals surface area contributed by atoms with Gasteiger partial charge in [-0.05, 0) is 40.8 Å². The van der Waals surface area contributed by atoms with Gasteiger partial charge in [0.05, 0.1) is 8.74 Å².